The van der Waals surface area contributed by atoms with Gasteiger partial charge in [-0.15, -0.1) is 0 Å². The van der Waals surface area contributed by atoms with Crippen LogP contribution in [0.15, 0.2) is 47.8 Å². The summed E-state index contributed by atoms with van der Waals surface area (Å²) >= 11 is 0. The molecular weight excluding hydrogens is 248 g/mol. The van der Waals surface area contributed by atoms with Gasteiger partial charge in [-0.05, 0) is 11.1 Å². The second-order valence-electron chi connectivity index (χ2n) is 7.03. The van der Waals surface area contributed by atoms with Gasteiger partial charge in [-0.1, -0.05) is 87.1 Å². The van der Waals surface area contributed by atoms with Crippen molar-refractivity contribution in [3.05, 3.63) is 53.4 Å². The Bertz CT molecular complexity index is 428. The Balaban J connectivity index is 3.13. The van der Waals surface area contributed by atoms with Gasteiger partial charge in [-0.25, -0.2) is 0 Å². The van der Waals surface area contributed by atoms with Crippen LogP contribution in [0, 0.1) is 0 Å². The third kappa shape index (κ3) is 6.17. The molecular formula is C16H26Si2. The highest BCUT2D eigenvalue weighted by Crippen LogP contribution is 2.20. The van der Waals surface area contributed by atoms with Crippen LogP contribution in [0.2, 0.25) is 39.3 Å². The zero-order valence-corrected chi connectivity index (χ0v) is 14.6. The van der Waals surface area contributed by atoms with Gasteiger partial charge in [0.1, 0.15) is 0 Å². The van der Waals surface area contributed by atoms with Crippen molar-refractivity contribution in [2.75, 3.05) is 0 Å². The fraction of sp³-hybridized carbons (Fsp3) is 0.375. The van der Waals surface area contributed by atoms with Crippen molar-refractivity contribution >= 4 is 21.7 Å². The maximum Gasteiger partial charge on any atom is 0.0695 e. The van der Waals surface area contributed by atoms with Crippen molar-refractivity contribution in [2.45, 2.75) is 39.3 Å². The van der Waals surface area contributed by atoms with Crippen LogP contribution < -0.4 is 0 Å². The molecule has 0 fully saturated rings. The lowest BCUT2D eigenvalue weighted by Crippen LogP contribution is -2.17. The Labute approximate surface area is 114 Å². The summed E-state index contributed by atoms with van der Waals surface area (Å²) in [5.41, 5.74) is 7.68. The third-order valence-corrected chi connectivity index (χ3v) is 4.80. The van der Waals surface area contributed by atoms with Crippen LogP contribution >= 0.6 is 0 Å². The first-order valence-corrected chi connectivity index (χ1v) is 13.8. The summed E-state index contributed by atoms with van der Waals surface area (Å²) in [7, 11) is -2.33. The molecule has 0 amide bonds. The van der Waals surface area contributed by atoms with Crippen LogP contribution in [0.5, 0.6) is 0 Å². The van der Waals surface area contributed by atoms with E-state index in [4.69, 9.17) is 0 Å². The first kappa shape index (κ1) is 15.2. The highest BCUT2D eigenvalue weighted by molar-refractivity contribution is 6.82. The molecule has 0 spiro atoms. The van der Waals surface area contributed by atoms with E-state index in [9.17, 15) is 0 Å². The first-order valence-electron chi connectivity index (χ1n) is 6.65. The number of hydrogen-bond acceptors (Lipinski definition) is 0. The summed E-state index contributed by atoms with van der Waals surface area (Å²) in [4.78, 5) is 0. The Morgan fingerprint density at radius 1 is 0.833 bits per heavy atom. The fourth-order valence-electron chi connectivity index (χ4n) is 1.66. The van der Waals surface area contributed by atoms with Crippen molar-refractivity contribution in [1.29, 1.82) is 0 Å². The van der Waals surface area contributed by atoms with E-state index in [0.29, 0.717) is 0 Å². The summed E-state index contributed by atoms with van der Waals surface area (Å²) < 4.78 is 0. The standard InChI is InChI=1S/C16H26Si2/c1-17(2,3)13-12-16(14-18(4,5)6)15-10-8-7-9-11-15/h7-14H,1-6H3/b13-12+,16-14-. The predicted molar refractivity (Wildman–Crippen MR) is 90.3 cm³/mol. The molecule has 0 heterocycles. The minimum absolute atomic E-state index is 1.13. The van der Waals surface area contributed by atoms with E-state index in [2.05, 4.69) is 87.1 Å². The van der Waals surface area contributed by atoms with E-state index in [1.54, 1.807) is 0 Å². The molecule has 0 aliphatic heterocycles. The van der Waals surface area contributed by atoms with Crippen molar-refractivity contribution in [3.63, 3.8) is 0 Å². The van der Waals surface area contributed by atoms with Gasteiger partial charge in [0, 0.05) is 0 Å². The van der Waals surface area contributed by atoms with E-state index in [-0.39, 0.29) is 0 Å². The summed E-state index contributed by atoms with van der Waals surface area (Å²) in [6, 6.07) is 10.7. The topological polar surface area (TPSA) is 0 Å². The molecule has 0 saturated carbocycles. The highest BCUT2D eigenvalue weighted by atomic mass is 28.3. The van der Waals surface area contributed by atoms with Crippen LogP contribution in [0.4, 0.5) is 0 Å². The largest absolute Gasteiger partial charge is 0.0944 e. The molecule has 98 valence electrons. The van der Waals surface area contributed by atoms with Gasteiger partial charge in [-0.2, -0.15) is 0 Å². The summed E-state index contributed by atoms with van der Waals surface area (Å²) in [5, 5.41) is 0. The molecule has 0 aliphatic carbocycles. The zero-order valence-electron chi connectivity index (χ0n) is 12.6. The van der Waals surface area contributed by atoms with E-state index >= 15 is 0 Å². The Kier molecular flexibility index (Phi) is 4.94. The molecule has 2 heteroatoms. The van der Waals surface area contributed by atoms with Crippen molar-refractivity contribution < 1.29 is 0 Å². The van der Waals surface area contributed by atoms with Crippen molar-refractivity contribution in [1.82, 2.24) is 0 Å². The van der Waals surface area contributed by atoms with E-state index in [1.165, 1.54) is 11.1 Å². The number of benzene rings is 1. The van der Waals surface area contributed by atoms with Gasteiger partial charge in [0.2, 0.25) is 0 Å². The maximum atomic E-state index is 2.50. The van der Waals surface area contributed by atoms with E-state index in [0.717, 1.165) is 0 Å². The lowest BCUT2D eigenvalue weighted by atomic mass is 10.1. The average Bonchev–Trinajstić information content (AvgIpc) is 2.23. The summed E-state index contributed by atoms with van der Waals surface area (Å²) in [5.74, 6) is 0. The van der Waals surface area contributed by atoms with E-state index in [1.807, 2.05) is 0 Å². The van der Waals surface area contributed by atoms with Gasteiger partial charge in [0.05, 0.1) is 16.1 Å². The van der Waals surface area contributed by atoms with Crippen LogP contribution in [0.25, 0.3) is 5.57 Å². The fourth-order valence-corrected chi connectivity index (χ4v) is 3.54. The SMILES string of the molecule is C[Si](C)(C)/C=C(/C=C/[Si](C)(C)C)c1ccccc1. The summed E-state index contributed by atoms with van der Waals surface area (Å²) in [6.07, 6.45) is 2.35. The van der Waals surface area contributed by atoms with Gasteiger partial charge >= 0.3 is 0 Å². The molecule has 0 aromatic heterocycles. The molecule has 0 bridgehead atoms. The smallest absolute Gasteiger partial charge is 0.0695 e. The van der Waals surface area contributed by atoms with Gasteiger partial charge < -0.3 is 0 Å². The number of rotatable bonds is 4. The zero-order chi connectivity index (χ0) is 13.8. The molecule has 0 radical (unpaired) electrons. The lowest BCUT2D eigenvalue weighted by Gasteiger charge is -2.14. The molecule has 1 aromatic rings. The van der Waals surface area contributed by atoms with Crippen LogP contribution in [-0.4, -0.2) is 16.1 Å². The molecule has 0 aliphatic rings. The number of allylic oxidation sites excluding steroid dienone is 2. The first-order chi connectivity index (χ1) is 8.17. The molecule has 1 aromatic carbocycles. The Morgan fingerprint density at radius 3 is 1.83 bits per heavy atom. The maximum absolute atomic E-state index is 2.50. The highest BCUT2D eigenvalue weighted by Gasteiger charge is 2.12. The molecule has 0 atom stereocenters. The van der Waals surface area contributed by atoms with Gasteiger partial charge in [0.15, 0.2) is 0 Å². The minimum atomic E-state index is -1.20. The molecule has 0 N–H and O–H groups in total. The molecule has 1 rings (SSSR count). The normalized spacial score (nSPS) is 14.2. The summed E-state index contributed by atoms with van der Waals surface area (Å²) in [6.45, 7) is 14.3. The molecule has 18 heavy (non-hydrogen) atoms. The van der Waals surface area contributed by atoms with Gasteiger partial charge in [0.25, 0.3) is 0 Å². The van der Waals surface area contributed by atoms with Crippen molar-refractivity contribution in [3.8, 4) is 0 Å². The Morgan fingerprint density at radius 2 is 1.39 bits per heavy atom. The lowest BCUT2D eigenvalue weighted by molar-refractivity contribution is 1.61. The van der Waals surface area contributed by atoms with Crippen LogP contribution in [-0.2, 0) is 0 Å². The minimum Gasteiger partial charge on any atom is -0.0944 e. The second kappa shape index (κ2) is 5.85. The number of hydrogen-bond donors (Lipinski definition) is 0. The third-order valence-electron chi connectivity index (χ3n) is 2.46. The molecule has 0 unspecified atom stereocenters. The van der Waals surface area contributed by atoms with Crippen molar-refractivity contribution in [2.24, 2.45) is 0 Å². The molecule has 0 nitrogen and oxygen atoms in total. The van der Waals surface area contributed by atoms with Crippen LogP contribution in [0.1, 0.15) is 5.56 Å². The van der Waals surface area contributed by atoms with Crippen LogP contribution in [0.3, 0.4) is 0 Å². The van der Waals surface area contributed by atoms with E-state index < -0.39 is 16.1 Å². The quantitative estimate of drug-likeness (QED) is 0.511. The van der Waals surface area contributed by atoms with Gasteiger partial charge in [-0.3, -0.25) is 0 Å². The average molecular weight is 275 g/mol. The predicted octanol–water partition coefficient (Wildman–Crippen LogP) is 5.38. The Hall–Kier alpha value is -0.866. The molecule has 0 saturated heterocycles. The second-order valence-corrected chi connectivity index (χ2v) is 17.1. The monoisotopic (exact) mass is 274 g/mol.